The topological polar surface area (TPSA) is 35.9 Å². The van der Waals surface area contributed by atoms with Gasteiger partial charge in [0.2, 0.25) is 0 Å². The molecule has 5 nitrogen and oxygen atoms in total. The Kier molecular flexibility index (Phi) is 5.80. The van der Waals surface area contributed by atoms with Crippen molar-refractivity contribution in [2.45, 2.75) is 19.3 Å². The standard InChI is InChI=1S/C57H38N4O/c1-57(2)49-25-10-7-21-43(49)48-34-58-55(33-50(48)57)61-52-27-12-9-23-45(52)46-30-29-38(32-54(46)61)62-37-16-13-15-36(31-37)59-35-60-51-26-11-8-22-44(51)41-19-5-3-17-39(41)40-18-4-6-20-42(40)47-24-14-28-53(59)56(47)60/h3-34H,1-2H3/i3D,4D,5D,6D,17D,18D,19D,20D. The summed E-state index contributed by atoms with van der Waals surface area (Å²) in [6.07, 6.45) is 5.55. The van der Waals surface area contributed by atoms with Crippen molar-refractivity contribution in [2.24, 2.45) is 0 Å². The number of hydrogen-bond acceptors (Lipinski definition) is 2. The van der Waals surface area contributed by atoms with Crippen molar-refractivity contribution in [1.82, 2.24) is 14.1 Å². The lowest BCUT2D eigenvalue weighted by Crippen LogP contribution is -2.30. The minimum atomic E-state index is -0.508. The van der Waals surface area contributed by atoms with Crippen molar-refractivity contribution in [3.63, 3.8) is 0 Å². The van der Waals surface area contributed by atoms with Crippen molar-refractivity contribution in [3.05, 3.63) is 212 Å². The number of para-hydroxylation sites is 3. The SMILES string of the molecule is [2H]c1c([2H])c([2H])c2c(c1[2H])-c1ccccc1-[n+]1[c-]n(-c3cccc(Oc4ccc5c6ccccc6n(-c6cc7c(cn6)-c6ccccc6C7(C)C)c5c4)c3)c3cccc(c31)-c1c([2H])c([2H])c([2H])c([2H])c1-2. The third-order valence-corrected chi connectivity index (χ3v) is 12.6. The number of nitrogens with zero attached hydrogens (tertiary/aromatic N) is 4. The number of imidazole rings is 1. The third kappa shape index (κ3) is 4.96. The average molecular weight is 803 g/mol. The summed E-state index contributed by atoms with van der Waals surface area (Å²) in [6.45, 7) is 4.54. The Morgan fingerprint density at radius 3 is 2.03 bits per heavy atom. The van der Waals surface area contributed by atoms with Crippen LogP contribution in [0.15, 0.2) is 194 Å². The van der Waals surface area contributed by atoms with E-state index in [4.69, 9.17) is 15.2 Å². The molecule has 62 heavy (non-hydrogen) atoms. The van der Waals surface area contributed by atoms with Crippen molar-refractivity contribution >= 4 is 32.8 Å². The van der Waals surface area contributed by atoms with Gasteiger partial charge in [-0.15, -0.1) is 0 Å². The van der Waals surface area contributed by atoms with E-state index in [1.807, 2.05) is 76.0 Å². The first-order chi connectivity index (χ1) is 33.8. The van der Waals surface area contributed by atoms with Gasteiger partial charge in [-0.3, -0.25) is 13.7 Å². The van der Waals surface area contributed by atoms with E-state index >= 15 is 0 Å². The van der Waals surface area contributed by atoms with E-state index in [0.717, 1.165) is 33.2 Å². The van der Waals surface area contributed by atoms with E-state index in [-0.39, 0.29) is 39.8 Å². The molecule has 2 aliphatic rings. The third-order valence-electron chi connectivity index (χ3n) is 12.6. The maximum atomic E-state index is 9.37. The van der Waals surface area contributed by atoms with E-state index < -0.39 is 36.3 Å². The maximum Gasteiger partial charge on any atom is 0.269 e. The number of benzene rings is 8. The molecular formula is C57H38N4O. The van der Waals surface area contributed by atoms with Crippen molar-refractivity contribution in [1.29, 1.82) is 0 Å². The molecule has 11 aromatic rings. The van der Waals surface area contributed by atoms with Gasteiger partial charge in [0.15, 0.2) is 0 Å². The largest absolute Gasteiger partial charge is 0.458 e. The van der Waals surface area contributed by atoms with Gasteiger partial charge >= 0.3 is 0 Å². The normalized spacial score (nSPS) is 14.9. The summed E-state index contributed by atoms with van der Waals surface area (Å²) in [5.74, 6) is 1.99. The van der Waals surface area contributed by atoms with Crippen LogP contribution in [0.25, 0.3) is 94.5 Å². The lowest BCUT2D eigenvalue weighted by molar-refractivity contribution is -0.571. The van der Waals surface area contributed by atoms with Crippen LogP contribution in [-0.2, 0) is 5.41 Å². The summed E-state index contributed by atoms with van der Waals surface area (Å²) in [7, 11) is 0. The first-order valence-corrected chi connectivity index (χ1v) is 20.6. The van der Waals surface area contributed by atoms with E-state index in [9.17, 15) is 5.48 Å². The Morgan fingerprint density at radius 1 is 0.548 bits per heavy atom. The quantitative estimate of drug-likeness (QED) is 0.131. The van der Waals surface area contributed by atoms with Gasteiger partial charge in [0.1, 0.15) is 17.3 Å². The second kappa shape index (κ2) is 13.0. The average Bonchev–Trinajstić information content (AvgIpc) is 4.01. The van der Waals surface area contributed by atoms with Gasteiger partial charge in [-0.2, -0.15) is 0 Å². The number of hydrogen-bond donors (Lipinski definition) is 0. The molecule has 0 saturated carbocycles. The molecule has 3 aromatic heterocycles. The zero-order valence-corrected chi connectivity index (χ0v) is 33.6. The molecule has 8 aromatic carbocycles. The first-order valence-electron chi connectivity index (χ1n) is 24.6. The van der Waals surface area contributed by atoms with Crippen LogP contribution in [-0.4, -0.2) is 14.1 Å². The zero-order valence-electron chi connectivity index (χ0n) is 41.6. The number of aromatic nitrogens is 4. The molecule has 1 aliphatic carbocycles. The van der Waals surface area contributed by atoms with Crippen LogP contribution < -0.4 is 9.30 Å². The molecule has 5 heteroatoms. The molecule has 4 heterocycles. The summed E-state index contributed by atoms with van der Waals surface area (Å²) in [5, 5.41) is 2.16. The fourth-order valence-corrected chi connectivity index (χ4v) is 9.80. The van der Waals surface area contributed by atoms with Crippen LogP contribution in [0.2, 0.25) is 0 Å². The molecule has 0 N–H and O–H groups in total. The van der Waals surface area contributed by atoms with E-state index in [1.165, 1.54) is 16.7 Å². The summed E-state index contributed by atoms with van der Waals surface area (Å²) < 4.78 is 84.9. The smallest absolute Gasteiger partial charge is 0.269 e. The summed E-state index contributed by atoms with van der Waals surface area (Å²) in [6, 6.07) is 42.2. The molecule has 0 atom stereocenters. The van der Waals surface area contributed by atoms with E-state index in [2.05, 4.69) is 85.4 Å². The van der Waals surface area contributed by atoms with Gasteiger partial charge in [-0.05, 0) is 98.6 Å². The van der Waals surface area contributed by atoms with Crippen LogP contribution >= 0.6 is 0 Å². The fraction of sp³-hybridized carbons (Fsp3) is 0.0526. The number of fused-ring (bicyclic) bond motifs is 13. The molecule has 0 unspecified atom stereocenters. The second-order valence-corrected chi connectivity index (χ2v) is 16.4. The first kappa shape index (κ1) is 27.7. The predicted molar refractivity (Wildman–Crippen MR) is 250 cm³/mol. The zero-order chi connectivity index (χ0) is 48.1. The van der Waals surface area contributed by atoms with E-state index in [1.54, 1.807) is 18.2 Å². The Morgan fingerprint density at radius 2 is 1.19 bits per heavy atom. The van der Waals surface area contributed by atoms with Crippen molar-refractivity contribution in [3.8, 4) is 73.2 Å². The van der Waals surface area contributed by atoms with Gasteiger partial charge in [-0.1, -0.05) is 147 Å². The van der Waals surface area contributed by atoms with E-state index in [0.29, 0.717) is 45.0 Å². The van der Waals surface area contributed by atoms with Gasteiger partial charge in [-0.25, -0.2) is 4.98 Å². The lowest BCUT2D eigenvalue weighted by atomic mass is 9.83. The lowest BCUT2D eigenvalue weighted by Gasteiger charge is -2.22. The molecule has 13 rings (SSSR count). The molecule has 0 spiro atoms. The molecule has 1 aliphatic heterocycles. The highest BCUT2D eigenvalue weighted by Crippen LogP contribution is 2.49. The Labute approximate surface area is 370 Å². The molecule has 0 saturated heterocycles. The van der Waals surface area contributed by atoms with Gasteiger partial charge in [0.25, 0.3) is 6.33 Å². The Bertz CT molecular complexity index is 4140. The van der Waals surface area contributed by atoms with Crippen molar-refractivity contribution in [2.75, 3.05) is 0 Å². The molecule has 0 bridgehead atoms. The van der Waals surface area contributed by atoms with Crippen LogP contribution in [0.3, 0.4) is 0 Å². The van der Waals surface area contributed by atoms with Gasteiger partial charge in [0.05, 0.1) is 44.4 Å². The maximum absolute atomic E-state index is 9.37. The summed E-state index contributed by atoms with van der Waals surface area (Å²) >= 11 is 0. The van der Waals surface area contributed by atoms with Gasteiger partial charge < -0.3 is 4.74 Å². The van der Waals surface area contributed by atoms with Crippen LogP contribution in [0.1, 0.15) is 35.9 Å². The summed E-state index contributed by atoms with van der Waals surface area (Å²) in [4.78, 5) is 5.09. The number of rotatable bonds is 4. The highest BCUT2D eigenvalue weighted by Gasteiger charge is 2.36. The second-order valence-electron chi connectivity index (χ2n) is 16.4. The predicted octanol–water partition coefficient (Wildman–Crippen LogP) is 13.6. The highest BCUT2D eigenvalue weighted by molar-refractivity contribution is 6.09. The Hall–Kier alpha value is -8.02. The van der Waals surface area contributed by atoms with Crippen molar-refractivity contribution < 1.29 is 20.3 Å². The monoisotopic (exact) mass is 802 g/mol. The number of pyridine rings is 1. The minimum Gasteiger partial charge on any atom is -0.458 e. The van der Waals surface area contributed by atoms with Crippen LogP contribution in [0.5, 0.6) is 11.5 Å². The van der Waals surface area contributed by atoms with Gasteiger partial charge in [0, 0.05) is 34.0 Å². The molecule has 0 amide bonds. The molecule has 292 valence electrons. The summed E-state index contributed by atoms with van der Waals surface area (Å²) in [5.41, 5.74) is 10.2. The fourth-order valence-electron chi connectivity index (χ4n) is 9.80. The Balaban J connectivity index is 0.974. The molecule has 0 radical (unpaired) electrons. The highest BCUT2D eigenvalue weighted by atomic mass is 16.5. The molecular weight excluding hydrogens is 757 g/mol. The number of ether oxygens (including phenoxy) is 1. The minimum absolute atomic E-state index is 0.00189. The van der Waals surface area contributed by atoms with Crippen LogP contribution in [0, 0.1) is 6.33 Å². The molecule has 0 fully saturated rings. The van der Waals surface area contributed by atoms with Crippen LogP contribution in [0.4, 0.5) is 0 Å².